The van der Waals surface area contributed by atoms with Crippen molar-refractivity contribution < 1.29 is 0 Å². The number of hydrogen-bond donors (Lipinski definition) is 0. The predicted molar refractivity (Wildman–Crippen MR) is 107 cm³/mol. The van der Waals surface area contributed by atoms with Crippen LogP contribution in [-0.2, 0) is 13.6 Å². The van der Waals surface area contributed by atoms with E-state index in [1.165, 1.54) is 48.8 Å². The van der Waals surface area contributed by atoms with E-state index >= 15 is 0 Å². The first-order chi connectivity index (χ1) is 12.2. The maximum atomic E-state index is 3.39. The third-order valence-electron chi connectivity index (χ3n) is 5.34. The second kappa shape index (κ2) is 8.56. The van der Waals surface area contributed by atoms with Gasteiger partial charge in [-0.1, -0.05) is 32.1 Å². The average molecular weight is 338 g/mol. The van der Waals surface area contributed by atoms with Crippen LogP contribution in [0.15, 0.2) is 24.4 Å². The van der Waals surface area contributed by atoms with Crippen molar-refractivity contribution in [2.24, 2.45) is 7.05 Å². The van der Waals surface area contributed by atoms with Gasteiger partial charge in [-0.3, -0.25) is 9.80 Å². The number of benzene rings is 1. The van der Waals surface area contributed by atoms with E-state index in [2.05, 4.69) is 71.5 Å². The summed E-state index contributed by atoms with van der Waals surface area (Å²) in [6.45, 7) is 11.0. The van der Waals surface area contributed by atoms with Crippen molar-refractivity contribution in [2.45, 2.75) is 39.7 Å². The molecule has 2 heterocycles. The molecule has 1 aromatic carbocycles. The van der Waals surface area contributed by atoms with Crippen LogP contribution in [0.2, 0.25) is 0 Å². The molecule has 0 saturated carbocycles. The lowest BCUT2D eigenvalue weighted by atomic mass is 10.1. The number of nitrogens with zero attached hydrogens (tertiary/aromatic N) is 3. The van der Waals surface area contributed by atoms with Crippen molar-refractivity contribution in [3.63, 3.8) is 0 Å². The van der Waals surface area contributed by atoms with Crippen LogP contribution in [-0.4, -0.2) is 47.1 Å². The van der Waals surface area contributed by atoms with Crippen LogP contribution in [0.3, 0.4) is 0 Å². The Kier molecular flexibility index (Phi) is 6.18. The van der Waals surface area contributed by atoms with Gasteiger partial charge in [0.15, 0.2) is 0 Å². The molecule has 1 aliphatic heterocycles. The first-order valence-electron chi connectivity index (χ1n) is 9.72. The summed E-state index contributed by atoms with van der Waals surface area (Å²) in [4.78, 5) is 4.94. The lowest BCUT2D eigenvalue weighted by Crippen LogP contribution is -2.29. The van der Waals surface area contributed by atoms with Gasteiger partial charge in [0.25, 0.3) is 0 Å². The lowest BCUT2D eigenvalue weighted by molar-refractivity contribution is 0.255. The second-order valence-corrected chi connectivity index (χ2v) is 7.10. The van der Waals surface area contributed by atoms with Crippen LogP contribution < -0.4 is 0 Å². The number of hydrogen-bond acceptors (Lipinski definition) is 2. The summed E-state index contributed by atoms with van der Waals surface area (Å²) >= 11 is 0. The largest absolute Gasteiger partial charge is 0.350 e. The molecule has 1 saturated heterocycles. The summed E-state index contributed by atoms with van der Waals surface area (Å²) in [6, 6.07) is 6.65. The molecule has 1 aliphatic rings. The smallest absolute Gasteiger partial charge is 0.0605 e. The van der Waals surface area contributed by atoms with Crippen LogP contribution in [0.1, 0.15) is 44.2 Å². The molecule has 1 fully saturated rings. The van der Waals surface area contributed by atoms with Crippen LogP contribution in [0.25, 0.3) is 10.9 Å². The maximum Gasteiger partial charge on any atom is 0.0605 e. The highest BCUT2D eigenvalue weighted by Gasteiger charge is 2.10. The van der Waals surface area contributed by atoms with Gasteiger partial charge < -0.3 is 4.57 Å². The fraction of sp³-hybridized carbons (Fsp3) is 0.545. The Bertz CT molecular complexity index is 753. The molecule has 2 aromatic rings. The molecule has 0 bridgehead atoms. The number of rotatable bonds is 5. The summed E-state index contributed by atoms with van der Waals surface area (Å²) in [7, 11) is 2.13. The summed E-state index contributed by atoms with van der Waals surface area (Å²) in [5.41, 5.74) is 3.83. The normalized spacial score (nSPS) is 15.5. The SMILES string of the molecule is CCN(CC)Cc1cn(C)c2ccc(C#CCN3CCCCC3)cc12. The lowest BCUT2D eigenvalue weighted by Gasteiger charge is -2.23. The van der Waals surface area contributed by atoms with Crippen LogP contribution in [0.5, 0.6) is 0 Å². The fourth-order valence-corrected chi connectivity index (χ4v) is 3.74. The van der Waals surface area contributed by atoms with Gasteiger partial charge in [0.1, 0.15) is 0 Å². The molecule has 0 N–H and O–H groups in total. The average Bonchev–Trinajstić information content (AvgIpc) is 2.96. The van der Waals surface area contributed by atoms with Gasteiger partial charge in [0, 0.05) is 36.3 Å². The van der Waals surface area contributed by atoms with E-state index in [0.29, 0.717) is 0 Å². The predicted octanol–water partition coefficient (Wildman–Crippen LogP) is 3.86. The molecule has 0 aliphatic carbocycles. The van der Waals surface area contributed by atoms with E-state index in [1.807, 2.05) is 0 Å². The van der Waals surface area contributed by atoms with E-state index in [0.717, 1.165) is 31.7 Å². The van der Waals surface area contributed by atoms with Gasteiger partial charge in [-0.2, -0.15) is 0 Å². The van der Waals surface area contributed by atoms with E-state index in [4.69, 9.17) is 0 Å². The number of aryl methyl sites for hydroxylation is 1. The molecule has 3 rings (SSSR count). The zero-order valence-electron chi connectivity index (χ0n) is 16.0. The van der Waals surface area contributed by atoms with Crippen LogP contribution in [0, 0.1) is 11.8 Å². The Labute approximate surface area is 152 Å². The van der Waals surface area contributed by atoms with Gasteiger partial charge >= 0.3 is 0 Å². The maximum absolute atomic E-state index is 3.39. The highest BCUT2D eigenvalue weighted by Crippen LogP contribution is 2.23. The van der Waals surface area contributed by atoms with E-state index in [1.54, 1.807) is 0 Å². The van der Waals surface area contributed by atoms with Crippen molar-refractivity contribution in [3.8, 4) is 11.8 Å². The number of aromatic nitrogens is 1. The molecule has 25 heavy (non-hydrogen) atoms. The molecule has 0 amide bonds. The topological polar surface area (TPSA) is 11.4 Å². The molecule has 0 spiro atoms. The first kappa shape index (κ1) is 18.0. The van der Waals surface area contributed by atoms with Gasteiger partial charge in [-0.25, -0.2) is 0 Å². The summed E-state index contributed by atoms with van der Waals surface area (Å²) in [5, 5.41) is 1.35. The number of likely N-dealkylation sites (tertiary alicyclic amines) is 1. The Morgan fingerprint density at radius 3 is 2.56 bits per heavy atom. The fourth-order valence-electron chi connectivity index (χ4n) is 3.74. The van der Waals surface area contributed by atoms with Crippen molar-refractivity contribution in [3.05, 3.63) is 35.5 Å². The summed E-state index contributed by atoms with van der Waals surface area (Å²) in [6.07, 6.45) is 6.30. The Morgan fingerprint density at radius 1 is 1.08 bits per heavy atom. The van der Waals surface area contributed by atoms with Gasteiger partial charge in [-0.05, 0) is 62.8 Å². The summed E-state index contributed by atoms with van der Waals surface area (Å²) in [5.74, 6) is 6.77. The molecule has 3 heteroatoms. The molecule has 0 atom stereocenters. The molecule has 1 aromatic heterocycles. The van der Waals surface area contributed by atoms with E-state index in [9.17, 15) is 0 Å². The first-order valence-corrected chi connectivity index (χ1v) is 9.72. The molecule has 3 nitrogen and oxygen atoms in total. The van der Waals surface area contributed by atoms with Gasteiger partial charge in [0.2, 0.25) is 0 Å². The highest BCUT2D eigenvalue weighted by atomic mass is 15.1. The van der Waals surface area contributed by atoms with Crippen molar-refractivity contribution in [2.75, 3.05) is 32.7 Å². The van der Waals surface area contributed by atoms with Gasteiger partial charge in [0.05, 0.1) is 6.54 Å². The third-order valence-corrected chi connectivity index (χ3v) is 5.34. The van der Waals surface area contributed by atoms with E-state index in [-0.39, 0.29) is 0 Å². The Morgan fingerprint density at radius 2 is 1.84 bits per heavy atom. The van der Waals surface area contributed by atoms with Crippen LogP contribution >= 0.6 is 0 Å². The minimum absolute atomic E-state index is 0.902. The molecule has 134 valence electrons. The zero-order chi connectivity index (χ0) is 17.6. The Hall–Kier alpha value is -1.76. The highest BCUT2D eigenvalue weighted by molar-refractivity contribution is 5.85. The third kappa shape index (κ3) is 4.45. The summed E-state index contributed by atoms with van der Waals surface area (Å²) < 4.78 is 2.24. The number of fused-ring (bicyclic) bond motifs is 1. The van der Waals surface area contributed by atoms with Crippen molar-refractivity contribution in [1.82, 2.24) is 14.4 Å². The quantitative estimate of drug-likeness (QED) is 0.768. The van der Waals surface area contributed by atoms with Crippen LogP contribution in [0.4, 0.5) is 0 Å². The monoisotopic (exact) mass is 337 g/mol. The van der Waals surface area contributed by atoms with Gasteiger partial charge in [-0.15, -0.1) is 0 Å². The molecular weight excluding hydrogens is 306 g/mol. The minimum atomic E-state index is 0.902. The van der Waals surface area contributed by atoms with E-state index < -0.39 is 0 Å². The molecule has 0 radical (unpaired) electrons. The minimum Gasteiger partial charge on any atom is -0.350 e. The number of piperidine rings is 1. The van der Waals surface area contributed by atoms with Crippen molar-refractivity contribution in [1.29, 1.82) is 0 Å². The zero-order valence-corrected chi connectivity index (χ0v) is 16.0. The Balaban J connectivity index is 1.78. The standard InChI is InChI=1S/C22H31N3/c1-4-24(5-2)18-20-17-23(3)22-12-11-19(16-21(20)22)10-9-15-25-13-7-6-8-14-25/h11-12,16-17H,4-8,13-15,18H2,1-3H3. The molecular formula is C22H31N3. The second-order valence-electron chi connectivity index (χ2n) is 7.10. The molecule has 0 unspecified atom stereocenters. The van der Waals surface area contributed by atoms with Crippen molar-refractivity contribution >= 4 is 10.9 Å².